The van der Waals surface area contributed by atoms with E-state index in [9.17, 15) is 10.1 Å². The van der Waals surface area contributed by atoms with Gasteiger partial charge in [-0.2, -0.15) is 5.26 Å². The van der Waals surface area contributed by atoms with Crippen molar-refractivity contribution in [3.63, 3.8) is 0 Å². The van der Waals surface area contributed by atoms with Crippen LogP contribution in [0.15, 0.2) is 47.3 Å². The number of hydrogen-bond acceptors (Lipinski definition) is 5. The Morgan fingerprint density at radius 2 is 2.10 bits per heavy atom. The molecule has 154 valence electrons. The van der Waals surface area contributed by atoms with Gasteiger partial charge in [-0.05, 0) is 36.2 Å². The van der Waals surface area contributed by atoms with Crippen LogP contribution in [0, 0.1) is 17.2 Å². The predicted octanol–water partition coefficient (Wildman–Crippen LogP) is 3.66. The molecular formula is C24H26N4O2. The molecule has 2 unspecified atom stereocenters. The van der Waals surface area contributed by atoms with Crippen molar-refractivity contribution in [1.29, 1.82) is 5.26 Å². The number of fused-ring (bicyclic) bond motifs is 1. The Bertz CT molecular complexity index is 1180. The number of benzene rings is 1. The topological polar surface area (TPSA) is 71.2 Å². The van der Waals surface area contributed by atoms with Crippen LogP contribution in [0.25, 0.3) is 11.0 Å². The molecule has 6 heteroatoms. The number of piperidine rings is 1. The number of rotatable bonds is 4. The molecule has 1 saturated heterocycles. The van der Waals surface area contributed by atoms with Crippen molar-refractivity contribution in [2.45, 2.75) is 32.8 Å². The highest BCUT2D eigenvalue weighted by atomic mass is 16.5. The molecule has 1 aliphatic heterocycles. The van der Waals surface area contributed by atoms with Crippen LogP contribution in [-0.2, 0) is 13.5 Å². The quantitative estimate of drug-likeness (QED) is 0.666. The minimum absolute atomic E-state index is 0.0774. The summed E-state index contributed by atoms with van der Waals surface area (Å²) in [5, 5.41) is 9.27. The van der Waals surface area contributed by atoms with Gasteiger partial charge in [0.05, 0.1) is 11.2 Å². The van der Waals surface area contributed by atoms with E-state index in [0.29, 0.717) is 11.2 Å². The molecule has 1 aromatic carbocycles. The van der Waals surface area contributed by atoms with Crippen molar-refractivity contribution in [2.24, 2.45) is 13.0 Å². The monoisotopic (exact) mass is 402 g/mol. The maximum Gasteiger partial charge on any atom is 0.252 e. The Kier molecular flexibility index (Phi) is 5.45. The second-order valence-corrected chi connectivity index (χ2v) is 7.97. The molecule has 0 amide bonds. The van der Waals surface area contributed by atoms with E-state index in [4.69, 9.17) is 4.74 Å². The Labute approximate surface area is 176 Å². The summed E-state index contributed by atoms with van der Waals surface area (Å²) in [6, 6.07) is 15.5. The molecule has 6 nitrogen and oxygen atoms in total. The van der Waals surface area contributed by atoms with Gasteiger partial charge < -0.3 is 14.2 Å². The Hall–Kier alpha value is -3.33. The van der Waals surface area contributed by atoms with Crippen molar-refractivity contribution in [3.05, 3.63) is 64.1 Å². The van der Waals surface area contributed by atoms with Crippen LogP contribution in [0.4, 0.5) is 5.69 Å². The van der Waals surface area contributed by atoms with Crippen molar-refractivity contribution in [2.75, 3.05) is 18.0 Å². The first-order chi connectivity index (χ1) is 14.5. The molecule has 1 fully saturated rings. The smallest absolute Gasteiger partial charge is 0.252 e. The van der Waals surface area contributed by atoms with Gasteiger partial charge in [-0.15, -0.1) is 0 Å². The van der Waals surface area contributed by atoms with Gasteiger partial charge >= 0.3 is 0 Å². The molecule has 30 heavy (non-hydrogen) atoms. The molecule has 2 aromatic heterocycles. The summed E-state index contributed by atoms with van der Waals surface area (Å²) in [5.74, 6) is 1.20. The number of hydrogen-bond donors (Lipinski definition) is 0. The molecule has 0 bridgehead atoms. The van der Waals surface area contributed by atoms with Crippen LogP contribution in [0.1, 0.15) is 31.5 Å². The molecule has 4 rings (SSSR count). The Morgan fingerprint density at radius 1 is 1.27 bits per heavy atom. The molecule has 3 aromatic rings. The van der Waals surface area contributed by atoms with E-state index < -0.39 is 0 Å². The first-order valence-corrected chi connectivity index (χ1v) is 10.4. The predicted molar refractivity (Wildman–Crippen MR) is 118 cm³/mol. The van der Waals surface area contributed by atoms with Crippen LogP contribution >= 0.6 is 0 Å². The minimum atomic E-state index is -0.0774. The lowest BCUT2D eigenvalue weighted by Crippen LogP contribution is -2.45. The third-order valence-electron chi connectivity index (χ3n) is 5.94. The first-order valence-electron chi connectivity index (χ1n) is 10.4. The summed E-state index contributed by atoms with van der Waals surface area (Å²) < 4.78 is 7.89. The van der Waals surface area contributed by atoms with Gasteiger partial charge in [-0.25, -0.2) is 4.98 Å². The molecule has 1 aliphatic rings. The molecule has 3 heterocycles. The fourth-order valence-electron chi connectivity index (χ4n) is 4.15. The maximum absolute atomic E-state index is 12.5. The van der Waals surface area contributed by atoms with Crippen LogP contribution in [0.3, 0.4) is 0 Å². The highest BCUT2D eigenvalue weighted by Crippen LogP contribution is 2.30. The van der Waals surface area contributed by atoms with E-state index in [1.165, 1.54) is 5.56 Å². The number of anilines is 1. The number of ether oxygens (including phenoxy) is 1. The summed E-state index contributed by atoms with van der Waals surface area (Å²) >= 11 is 0. The summed E-state index contributed by atoms with van der Waals surface area (Å²) in [6.07, 6.45) is 1.96. The molecule has 2 atom stereocenters. The highest BCUT2D eigenvalue weighted by Gasteiger charge is 2.29. The number of nitrogens with zero attached hydrogens (tertiary/aromatic N) is 4. The fourth-order valence-corrected chi connectivity index (χ4v) is 4.15. The Morgan fingerprint density at radius 3 is 2.83 bits per heavy atom. The third kappa shape index (κ3) is 3.76. The standard InChI is InChI=1S/C24H26N4O2/c1-4-17-6-5-7-19(12-17)30-22-10-11-28(15-16(22)2)21-13-23(29)27(3)20-9-8-18(14-25)26-24(20)21/h5-9,12-13,16,22H,4,10-11,15H2,1-3H3. The highest BCUT2D eigenvalue weighted by molar-refractivity contribution is 5.88. The summed E-state index contributed by atoms with van der Waals surface area (Å²) in [5.41, 5.74) is 3.76. The van der Waals surface area contributed by atoms with Gasteiger partial charge in [0.25, 0.3) is 5.56 Å². The number of aromatic nitrogens is 2. The van der Waals surface area contributed by atoms with Crippen LogP contribution in [0.2, 0.25) is 0 Å². The van der Waals surface area contributed by atoms with Crippen LogP contribution in [-0.4, -0.2) is 28.7 Å². The average Bonchev–Trinajstić information content (AvgIpc) is 2.77. The minimum Gasteiger partial charge on any atom is -0.490 e. The lowest BCUT2D eigenvalue weighted by atomic mass is 9.95. The van der Waals surface area contributed by atoms with Crippen molar-refractivity contribution < 1.29 is 4.74 Å². The molecule has 0 aliphatic carbocycles. The van der Waals surface area contributed by atoms with E-state index >= 15 is 0 Å². The SMILES string of the molecule is CCc1cccc(OC2CCN(c3cc(=O)n(C)c4ccc(C#N)nc34)CC2C)c1. The van der Waals surface area contributed by atoms with Crippen LogP contribution < -0.4 is 15.2 Å². The molecule has 0 spiro atoms. The molecule has 0 radical (unpaired) electrons. The van der Waals surface area contributed by atoms with E-state index in [1.807, 2.05) is 12.1 Å². The van der Waals surface area contributed by atoms with E-state index in [0.717, 1.165) is 42.9 Å². The maximum atomic E-state index is 12.5. The van der Waals surface area contributed by atoms with Crippen molar-refractivity contribution >= 4 is 16.7 Å². The second kappa shape index (κ2) is 8.19. The van der Waals surface area contributed by atoms with Gasteiger partial charge in [0, 0.05) is 38.5 Å². The summed E-state index contributed by atoms with van der Waals surface area (Å²) in [6.45, 7) is 5.85. The van der Waals surface area contributed by atoms with Gasteiger partial charge in [0.2, 0.25) is 0 Å². The zero-order valence-corrected chi connectivity index (χ0v) is 17.6. The van der Waals surface area contributed by atoms with Gasteiger partial charge in [-0.3, -0.25) is 4.79 Å². The first kappa shape index (κ1) is 20.0. The Balaban J connectivity index is 1.60. The normalized spacial score (nSPS) is 18.9. The van der Waals surface area contributed by atoms with E-state index in [-0.39, 0.29) is 17.6 Å². The molecule has 0 N–H and O–H groups in total. The van der Waals surface area contributed by atoms with Gasteiger partial charge in [-0.1, -0.05) is 26.0 Å². The fraction of sp³-hybridized carbons (Fsp3) is 0.375. The lowest BCUT2D eigenvalue weighted by Gasteiger charge is -2.38. The van der Waals surface area contributed by atoms with Crippen LogP contribution in [0.5, 0.6) is 5.75 Å². The van der Waals surface area contributed by atoms with Crippen molar-refractivity contribution in [1.82, 2.24) is 9.55 Å². The van der Waals surface area contributed by atoms with Gasteiger partial charge in [0.15, 0.2) is 0 Å². The average molecular weight is 402 g/mol. The second-order valence-electron chi connectivity index (χ2n) is 7.97. The largest absolute Gasteiger partial charge is 0.490 e. The molecular weight excluding hydrogens is 376 g/mol. The number of pyridine rings is 2. The number of aryl methyl sites for hydroxylation is 2. The molecule has 0 saturated carbocycles. The number of nitriles is 1. The lowest BCUT2D eigenvalue weighted by molar-refractivity contribution is 0.121. The summed E-state index contributed by atoms with van der Waals surface area (Å²) in [7, 11) is 1.73. The zero-order chi connectivity index (χ0) is 21.3. The summed E-state index contributed by atoms with van der Waals surface area (Å²) in [4.78, 5) is 19.2. The van der Waals surface area contributed by atoms with Gasteiger partial charge in [0.1, 0.15) is 29.1 Å². The van der Waals surface area contributed by atoms with E-state index in [2.05, 4.69) is 41.9 Å². The zero-order valence-electron chi connectivity index (χ0n) is 17.6. The van der Waals surface area contributed by atoms with Crippen molar-refractivity contribution in [3.8, 4) is 11.8 Å². The third-order valence-corrected chi connectivity index (χ3v) is 5.94. The van der Waals surface area contributed by atoms with E-state index in [1.54, 1.807) is 29.8 Å².